The Morgan fingerprint density at radius 1 is 0.700 bits per heavy atom. The van der Waals surface area contributed by atoms with Crippen LogP contribution in [-0.4, -0.2) is 6.54 Å². The number of hydrogen-bond acceptors (Lipinski definition) is 2. The average molecular weight is 278 g/mol. The molecule has 0 fully saturated rings. The monoisotopic (exact) mass is 278 g/mol. The molecule has 0 unspecified atom stereocenters. The van der Waals surface area contributed by atoms with E-state index in [0.29, 0.717) is 6.54 Å². The van der Waals surface area contributed by atoms with Gasteiger partial charge in [-0.3, -0.25) is 0 Å². The van der Waals surface area contributed by atoms with E-state index in [1.165, 1.54) is 63.4 Å². The Bertz CT molecular complexity index is 262. The summed E-state index contributed by atoms with van der Waals surface area (Å²) in [5, 5.41) is 0. The average Bonchev–Trinajstić information content (AvgIpc) is 2.51. The molecule has 20 heavy (non-hydrogen) atoms. The van der Waals surface area contributed by atoms with E-state index in [-0.39, 0.29) is 0 Å². The molecule has 0 spiro atoms. The fourth-order valence-electron chi connectivity index (χ4n) is 2.07. The van der Waals surface area contributed by atoms with Gasteiger partial charge in [0.1, 0.15) is 0 Å². The molecule has 0 bridgehead atoms. The highest BCUT2D eigenvalue weighted by molar-refractivity contribution is 5.13. The minimum absolute atomic E-state index is 0.640. The first-order valence-corrected chi connectivity index (χ1v) is 8.29. The second-order valence-electron chi connectivity index (χ2n) is 5.31. The van der Waals surface area contributed by atoms with E-state index in [0.717, 1.165) is 6.54 Å². The summed E-state index contributed by atoms with van der Waals surface area (Å²) in [5.74, 6) is 0. The summed E-state index contributed by atoms with van der Waals surface area (Å²) in [6, 6.07) is 9.99. The SMILES string of the molecule is CCCCCCCCCCCN.NCc1ccccc1. The second-order valence-corrected chi connectivity index (χ2v) is 5.31. The van der Waals surface area contributed by atoms with Gasteiger partial charge in [0.15, 0.2) is 0 Å². The number of hydrogen-bond donors (Lipinski definition) is 2. The first-order valence-electron chi connectivity index (χ1n) is 8.29. The highest BCUT2D eigenvalue weighted by atomic mass is 14.5. The molecule has 1 aromatic rings. The molecule has 2 nitrogen and oxygen atoms in total. The molecule has 1 rings (SSSR count). The van der Waals surface area contributed by atoms with E-state index in [1.807, 2.05) is 30.3 Å². The van der Waals surface area contributed by atoms with E-state index in [1.54, 1.807) is 0 Å². The standard InChI is InChI=1S/C11H25N.C7H9N/c1-2-3-4-5-6-7-8-9-10-11-12;8-6-7-4-2-1-3-5-7/h2-12H2,1H3;1-5H,6,8H2. The molecule has 0 aliphatic heterocycles. The molecule has 0 amide bonds. The van der Waals surface area contributed by atoms with Crippen molar-refractivity contribution in [1.29, 1.82) is 0 Å². The normalized spacial score (nSPS) is 9.95. The van der Waals surface area contributed by atoms with Crippen LogP contribution >= 0.6 is 0 Å². The van der Waals surface area contributed by atoms with E-state index in [9.17, 15) is 0 Å². The first-order chi connectivity index (χ1) is 9.85. The summed E-state index contributed by atoms with van der Waals surface area (Å²) in [5.41, 5.74) is 11.9. The summed E-state index contributed by atoms with van der Waals surface area (Å²) in [6.07, 6.45) is 12.5. The molecule has 0 aromatic heterocycles. The first kappa shape index (κ1) is 19.1. The van der Waals surface area contributed by atoms with Crippen molar-refractivity contribution in [3.05, 3.63) is 35.9 Å². The van der Waals surface area contributed by atoms with Gasteiger partial charge in [-0.25, -0.2) is 0 Å². The molecular weight excluding hydrogens is 244 g/mol. The molecule has 0 atom stereocenters. The van der Waals surface area contributed by atoms with Crippen LogP contribution in [0.2, 0.25) is 0 Å². The molecule has 0 saturated heterocycles. The second kappa shape index (κ2) is 16.2. The highest BCUT2D eigenvalue weighted by Gasteiger charge is 1.90. The summed E-state index contributed by atoms with van der Waals surface area (Å²) < 4.78 is 0. The van der Waals surface area contributed by atoms with Gasteiger partial charge in [-0.2, -0.15) is 0 Å². The minimum Gasteiger partial charge on any atom is -0.330 e. The van der Waals surface area contributed by atoms with Crippen LogP contribution < -0.4 is 11.5 Å². The van der Waals surface area contributed by atoms with Gasteiger partial charge in [-0.1, -0.05) is 88.6 Å². The van der Waals surface area contributed by atoms with Crippen molar-refractivity contribution < 1.29 is 0 Å². The van der Waals surface area contributed by atoms with E-state index in [2.05, 4.69) is 6.92 Å². The lowest BCUT2D eigenvalue weighted by Gasteiger charge is -1.99. The zero-order valence-corrected chi connectivity index (χ0v) is 13.3. The van der Waals surface area contributed by atoms with E-state index >= 15 is 0 Å². The van der Waals surface area contributed by atoms with Crippen molar-refractivity contribution in [3.8, 4) is 0 Å². The van der Waals surface area contributed by atoms with Gasteiger partial charge in [-0.05, 0) is 18.5 Å². The van der Waals surface area contributed by atoms with Crippen LogP contribution in [0.25, 0.3) is 0 Å². The Morgan fingerprint density at radius 2 is 1.20 bits per heavy atom. The summed E-state index contributed by atoms with van der Waals surface area (Å²) in [4.78, 5) is 0. The molecule has 1 aromatic carbocycles. The molecule has 2 heteroatoms. The smallest absolute Gasteiger partial charge is 0.0178 e. The lowest BCUT2D eigenvalue weighted by atomic mass is 10.1. The van der Waals surface area contributed by atoms with Gasteiger partial charge < -0.3 is 11.5 Å². The summed E-state index contributed by atoms with van der Waals surface area (Å²) in [6.45, 7) is 3.78. The third kappa shape index (κ3) is 13.6. The van der Waals surface area contributed by atoms with Crippen LogP contribution in [-0.2, 0) is 6.54 Å². The summed E-state index contributed by atoms with van der Waals surface area (Å²) in [7, 11) is 0. The molecule has 0 saturated carbocycles. The number of rotatable bonds is 10. The zero-order valence-electron chi connectivity index (χ0n) is 13.3. The van der Waals surface area contributed by atoms with Crippen LogP contribution in [0.1, 0.15) is 70.3 Å². The fourth-order valence-corrected chi connectivity index (χ4v) is 2.07. The van der Waals surface area contributed by atoms with Crippen LogP contribution in [0, 0.1) is 0 Å². The predicted molar refractivity (Wildman–Crippen MR) is 90.6 cm³/mol. The van der Waals surface area contributed by atoms with Gasteiger partial charge in [-0.15, -0.1) is 0 Å². The van der Waals surface area contributed by atoms with Gasteiger partial charge in [0.05, 0.1) is 0 Å². The summed E-state index contributed by atoms with van der Waals surface area (Å²) >= 11 is 0. The zero-order chi connectivity index (χ0) is 14.9. The van der Waals surface area contributed by atoms with Crippen LogP contribution in [0.15, 0.2) is 30.3 Å². The van der Waals surface area contributed by atoms with Gasteiger partial charge in [0.25, 0.3) is 0 Å². The maximum absolute atomic E-state index is 5.41. The van der Waals surface area contributed by atoms with Crippen molar-refractivity contribution in [3.63, 3.8) is 0 Å². The van der Waals surface area contributed by atoms with E-state index in [4.69, 9.17) is 11.5 Å². The Balaban J connectivity index is 0.000000388. The number of nitrogens with two attached hydrogens (primary N) is 2. The molecule has 0 radical (unpaired) electrons. The van der Waals surface area contributed by atoms with Crippen molar-refractivity contribution in [1.82, 2.24) is 0 Å². The van der Waals surface area contributed by atoms with Crippen molar-refractivity contribution in [2.24, 2.45) is 11.5 Å². The molecule has 0 heterocycles. The van der Waals surface area contributed by atoms with Crippen molar-refractivity contribution >= 4 is 0 Å². The quantitative estimate of drug-likeness (QED) is 0.613. The molecule has 4 N–H and O–H groups in total. The minimum atomic E-state index is 0.640. The topological polar surface area (TPSA) is 52.0 Å². The number of unbranched alkanes of at least 4 members (excludes halogenated alkanes) is 8. The Kier molecular flexibility index (Phi) is 15.5. The highest BCUT2D eigenvalue weighted by Crippen LogP contribution is 2.08. The van der Waals surface area contributed by atoms with E-state index < -0.39 is 0 Å². The predicted octanol–water partition coefficient (Wildman–Crippen LogP) is 4.62. The molecule has 0 aliphatic carbocycles. The third-order valence-electron chi connectivity index (χ3n) is 3.39. The fraction of sp³-hybridized carbons (Fsp3) is 0.667. The third-order valence-corrected chi connectivity index (χ3v) is 3.39. The van der Waals surface area contributed by atoms with Crippen LogP contribution in [0.4, 0.5) is 0 Å². The molecule has 116 valence electrons. The Hall–Kier alpha value is -0.860. The number of benzene rings is 1. The van der Waals surface area contributed by atoms with Crippen molar-refractivity contribution in [2.75, 3.05) is 6.54 Å². The van der Waals surface area contributed by atoms with Crippen LogP contribution in [0.5, 0.6) is 0 Å². The maximum Gasteiger partial charge on any atom is 0.0178 e. The van der Waals surface area contributed by atoms with Crippen molar-refractivity contribution in [2.45, 2.75) is 71.3 Å². The van der Waals surface area contributed by atoms with Gasteiger partial charge in [0.2, 0.25) is 0 Å². The Labute approximate surface area is 125 Å². The molecular formula is C18H34N2. The maximum atomic E-state index is 5.41. The van der Waals surface area contributed by atoms with Crippen LogP contribution in [0.3, 0.4) is 0 Å². The lowest BCUT2D eigenvalue weighted by Crippen LogP contribution is -1.97. The molecule has 0 aliphatic rings. The van der Waals surface area contributed by atoms with Gasteiger partial charge in [0, 0.05) is 6.54 Å². The lowest BCUT2D eigenvalue weighted by molar-refractivity contribution is 0.567. The Morgan fingerprint density at radius 3 is 1.60 bits per heavy atom. The van der Waals surface area contributed by atoms with Gasteiger partial charge >= 0.3 is 0 Å². The largest absolute Gasteiger partial charge is 0.330 e.